The predicted octanol–water partition coefficient (Wildman–Crippen LogP) is 0.193. The van der Waals surface area contributed by atoms with Gasteiger partial charge in [0.1, 0.15) is 0 Å². The van der Waals surface area contributed by atoms with Crippen LogP contribution in [0.2, 0.25) is 0 Å². The van der Waals surface area contributed by atoms with Crippen LogP contribution < -0.4 is 10.6 Å². The fourth-order valence-corrected chi connectivity index (χ4v) is 4.15. The van der Waals surface area contributed by atoms with E-state index in [9.17, 15) is 18.0 Å². The minimum absolute atomic E-state index is 0.0369. The Morgan fingerprint density at radius 2 is 1.83 bits per heavy atom. The first kappa shape index (κ1) is 17.4. The van der Waals surface area contributed by atoms with Crippen LogP contribution in [-0.2, 0) is 14.8 Å². The molecule has 0 aliphatic carbocycles. The summed E-state index contributed by atoms with van der Waals surface area (Å²) in [5, 5.41) is 5.04. The molecule has 1 aliphatic heterocycles. The average Bonchev–Trinajstić information content (AvgIpc) is 3.03. The molecule has 1 aromatic rings. The second-order valence-corrected chi connectivity index (χ2v) is 7.44. The van der Waals surface area contributed by atoms with E-state index in [2.05, 4.69) is 10.6 Å². The van der Waals surface area contributed by atoms with Gasteiger partial charge in [0, 0.05) is 39.2 Å². The fourth-order valence-electron chi connectivity index (χ4n) is 2.62. The van der Waals surface area contributed by atoms with Crippen LogP contribution in [0, 0.1) is 5.92 Å². The fraction of sp³-hybridized carbons (Fsp3) is 0.467. The smallest absolute Gasteiger partial charge is 0.251 e. The van der Waals surface area contributed by atoms with Crippen molar-refractivity contribution >= 4 is 21.8 Å². The molecular weight excluding hydrogens is 318 g/mol. The topological polar surface area (TPSA) is 95.6 Å². The molecule has 1 atom stereocenters. The van der Waals surface area contributed by atoms with Crippen LogP contribution in [0.15, 0.2) is 29.2 Å². The summed E-state index contributed by atoms with van der Waals surface area (Å²) >= 11 is 0. The first-order valence-corrected chi connectivity index (χ1v) is 8.85. The van der Waals surface area contributed by atoms with Crippen molar-refractivity contribution in [3.05, 3.63) is 29.8 Å². The first-order valence-electron chi connectivity index (χ1n) is 7.41. The largest absolute Gasteiger partial charge is 0.359 e. The highest BCUT2D eigenvalue weighted by molar-refractivity contribution is 7.89. The highest BCUT2D eigenvalue weighted by Gasteiger charge is 2.33. The first-order chi connectivity index (χ1) is 10.9. The van der Waals surface area contributed by atoms with Crippen LogP contribution in [0.3, 0.4) is 0 Å². The standard InChI is InChI=1S/C15H21N3O4S/c1-16-14(19)9-11-7-8-18(10-11)23(21,22)13-5-3-12(4-6-13)15(20)17-2/h3-6,11H,7-10H2,1-2H3,(H,16,19)(H,17,20). The van der Waals surface area contributed by atoms with Crippen molar-refractivity contribution in [2.45, 2.75) is 17.7 Å². The summed E-state index contributed by atoms with van der Waals surface area (Å²) in [7, 11) is -0.506. The van der Waals surface area contributed by atoms with Gasteiger partial charge in [0.25, 0.3) is 5.91 Å². The molecule has 1 heterocycles. The molecule has 1 fully saturated rings. The molecule has 7 nitrogen and oxygen atoms in total. The lowest BCUT2D eigenvalue weighted by atomic mass is 10.1. The van der Waals surface area contributed by atoms with Crippen LogP contribution >= 0.6 is 0 Å². The van der Waals surface area contributed by atoms with Crippen LogP contribution in [0.1, 0.15) is 23.2 Å². The molecule has 2 amide bonds. The van der Waals surface area contributed by atoms with Gasteiger partial charge in [0.2, 0.25) is 15.9 Å². The number of nitrogens with one attached hydrogen (secondary N) is 2. The minimum Gasteiger partial charge on any atom is -0.359 e. The van der Waals surface area contributed by atoms with Gasteiger partial charge in [-0.3, -0.25) is 9.59 Å². The van der Waals surface area contributed by atoms with Crippen LogP contribution in [0.5, 0.6) is 0 Å². The zero-order valence-electron chi connectivity index (χ0n) is 13.2. The molecule has 2 N–H and O–H groups in total. The molecule has 0 bridgehead atoms. The normalized spacial score (nSPS) is 18.6. The van der Waals surface area contributed by atoms with Crippen molar-refractivity contribution in [2.24, 2.45) is 5.92 Å². The molecule has 1 saturated heterocycles. The monoisotopic (exact) mass is 339 g/mol. The van der Waals surface area contributed by atoms with E-state index in [1.165, 1.54) is 35.6 Å². The summed E-state index contributed by atoms with van der Waals surface area (Å²) in [6.45, 7) is 0.744. The maximum Gasteiger partial charge on any atom is 0.251 e. The van der Waals surface area contributed by atoms with E-state index in [4.69, 9.17) is 0 Å². The van der Waals surface area contributed by atoms with Crippen LogP contribution in [-0.4, -0.2) is 51.7 Å². The van der Waals surface area contributed by atoms with Crippen molar-refractivity contribution in [3.63, 3.8) is 0 Å². The summed E-state index contributed by atoms with van der Waals surface area (Å²) in [5.74, 6) is -0.306. The number of rotatable bonds is 5. The SMILES string of the molecule is CNC(=O)CC1CCN(S(=O)(=O)c2ccc(C(=O)NC)cc2)C1. The molecule has 1 unspecified atom stereocenters. The summed E-state index contributed by atoms with van der Waals surface area (Å²) in [4.78, 5) is 23.1. The van der Waals surface area contributed by atoms with Crippen molar-refractivity contribution in [1.29, 1.82) is 0 Å². The van der Waals surface area contributed by atoms with Gasteiger partial charge in [-0.15, -0.1) is 0 Å². The Bertz CT molecular complexity index is 685. The van der Waals surface area contributed by atoms with E-state index in [-0.39, 0.29) is 22.6 Å². The number of amides is 2. The second kappa shape index (κ2) is 7.10. The zero-order chi connectivity index (χ0) is 17.0. The number of benzene rings is 1. The molecule has 0 spiro atoms. The molecule has 2 rings (SSSR count). The molecule has 0 saturated carbocycles. The van der Waals surface area contributed by atoms with Gasteiger partial charge in [0.05, 0.1) is 4.90 Å². The van der Waals surface area contributed by atoms with E-state index in [1.807, 2.05) is 0 Å². The summed E-state index contributed by atoms with van der Waals surface area (Å²) in [6.07, 6.45) is 1.00. The quantitative estimate of drug-likeness (QED) is 0.801. The minimum atomic E-state index is -3.59. The number of carbonyl (C=O) groups excluding carboxylic acids is 2. The molecule has 1 aliphatic rings. The maximum atomic E-state index is 12.6. The van der Waals surface area contributed by atoms with E-state index in [0.29, 0.717) is 31.5 Å². The Hall–Kier alpha value is -1.93. The van der Waals surface area contributed by atoms with E-state index >= 15 is 0 Å². The molecule has 0 radical (unpaired) electrons. The molecule has 8 heteroatoms. The Morgan fingerprint density at radius 1 is 1.17 bits per heavy atom. The number of hydrogen-bond acceptors (Lipinski definition) is 4. The summed E-state index contributed by atoms with van der Waals surface area (Å²) in [5.41, 5.74) is 0.408. The third kappa shape index (κ3) is 3.89. The lowest BCUT2D eigenvalue weighted by molar-refractivity contribution is -0.121. The van der Waals surface area contributed by atoms with Crippen LogP contribution in [0.4, 0.5) is 0 Å². The number of hydrogen-bond donors (Lipinski definition) is 2. The Labute approximate surface area is 136 Å². The van der Waals surface area contributed by atoms with Crippen molar-refractivity contribution in [3.8, 4) is 0 Å². The lowest BCUT2D eigenvalue weighted by Gasteiger charge is -2.16. The molecule has 0 aromatic heterocycles. The van der Waals surface area contributed by atoms with Gasteiger partial charge >= 0.3 is 0 Å². The van der Waals surface area contributed by atoms with Crippen LogP contribution in [0.25, 0.3) is 0 Å². The lowest BCUT2D eigenvalue weighted by Crippen LogP contribution is -2.30. The molecular formula is C15H21N3O4S. The highest BCUT2D eigenvalue weighted by Crippen LogP contribution is 2.26. The molecule has 1 aromatic carbocycles. The van der Waals surface area contributed by atoms with E-state index in [0.717, 1.165) is 0 Å². The third-order valence-corrected chi connectivity index (χ3v) is 5.86. The molecule has 23 heavy (non-hydrogen) atoms. The van der Waals surface area contributed by atoms with Gasteiger partial charge in [-0.2, -0.15) is 4.31 Å². The second-order valence-electron chi connectivity index (χ2n) is 5.50. The Balaban J connectivity index is 2.10. The summed E-state index contributed by atoms with van der Waals surface area (Å²) in [6, 6.07) is 5.85. The van der Waals surface area contributed by atoms with E-state index < -0.39 is 10.0 Å². The van der Waals surface area contributed by atoms with Crippen molar-refractivity contribution in [2.75, 3.05) is 27.2 Å². The van der Waals surface area contributed by atoms with Crippen molar-refractivity contribution in [1.82, 2.24) is 14.9 Å². The molecule has 126 valence electrons. The van der Waals surface area contributed by atoms with Gasteiger partial charge in [-0.05, 0) is 36.6 Å². The zero-order valence-corrected chi connectivity index (χ0v) is 14.0. The van der Waals surface area contributed by atoms with E-state index in [1.54, 1.807) is 7.05 Å². The Kier molecular flexibility index (Phi) is 5.38. The maximum absolute atomic E-state index is 12.6. The number of carbonyl (C=O) groups is 2. The summed E-state index contributed by atoms with van der Waals surface area (Å²) < 4.78 is 26.6. The number of nitrogens with zero attached hydrogens (tertiary/aromatic N) is 1. The van der Waals surface area contributed by atoms with Crippen molar-refractivity contribution < 1.29 is 18.0 Å². The van der Waals surface area contributed by atoms with Gasteiger partial charge in [0.15, 0.2) is 0 Å². The number of sulfonamides is 1. The van der Waals surface area contributed by atoms with Gasteiger partial charge < -0.3 is 10.6 Å². The van der Waals surface area contributed by atoms with Gasteiger partial charge in [-0.25, -0.2) is 8.42 Å². The highest BCUT2D eigenvalue weighted by atomic mass is 32.2. The predicted molar refractivity (Wildman–Crippen MR) is 85.4 cm³/mol. The average molecular weight is 339 g/mol. The third-order valence-electron chi connectivity index (χ3n) is 3.98. The Morgan fingerprint density at radius 3 is 2.39 bits per heavy atom. The van der Waals surface area contributed by atoms with Gasteiger partial charge in [-0.1, -0.05) is 0 Å².